The maximum absolute atomic E-state index is 11.4. The standard InChI is InChI=1S/C19H24O3Si/c1-3-4-15-23(22-16(2)19(20)21,17-11-7-5-8-12-17)18-13-9-6-10-14-18/h5-14,16H,3-4,15H2,1-2H3,(H,20,21)/t16-/m0/s1. The summed E-state index contributed by atoms with van der Waals surface area (Å²) in [6.07, 6.45) is 1.25. The average molecular weight is 328 g/mol. The lowest BCUT2D eigenvalue weighted by Gasteiger charge is -2.34. The smallest absolute Gasteiger partial charge is 0.331 e. The van der Waals surface area contributed by atoms with Gasteiger partial charge in [-0.1, -0.05) is 80.4 Å². The highest BCUT2D eigenvalue weighted by Gasteiger charge is 2.41. The van der Waals surface area contributed by atoms with E-state index >= 15 is 0 Å². The van der Waals surface area contributed by atoms with Crippen LogP contribution in [-0.4, -0.2) is 25.5 Å². The molecule has 0 radical (unpaired) electrons. The van der Waals surface area contributed by atoms with Gasteiger partial charge in [0, 0.05) is 0 Å². The summed E-state index contributed by atoms with van der Waals surface area (Å²) in [6, 6.07) is 21.1. The molecule has 0 bridgehead atoms. The Morgan fingerprint density at radius 1 is 1.04 bits per heavy atom. The van der Waals surface area contributed by atoms with Gasteiger partial charge in [-0.2, -0.15) is 0 Å². The first kappa shape index (κ1) is 17.4. The van der Waals surface area contributed by atoms with Crippen LogP contribution < -0.4 is 10.4 Å². The van der Waals surface area contributed by atoms with Gasteiger partial charge in [0.05, 0.1) is 0 Å². The molecule has 0 saturated heterocycles. The van der Waals surface area contributed by atoms with Gasteiger partial charge in [-0.3, -0.25) is 0 Å². The van der Waals surface area contributed by atoms with Gasteiger partial charge < -0.3 is 9.53 Å². The van der Waals surface area contributed by atoms with Crippen molar-refractivity contribution in [1.82, 2.24) is 0 Å². The number of benzene rings is 2. The third kappa shape index (κ3) is 4.09. The Morgan fingerprint density at radius 2 is 1.52 bits per heavy atom. The molecule has 1 atom stereocenters. The molecule has 0 unspecified atom stereocenters. The monoisotopic (exact) mass is 328 g/mol. The summed E-state index contributed by atoms with van der Waals surface area (Å²) in [7, 11) is -2.58. The number of carbonyl (C=O) groups is 1. The lowest BCUT2D eigenvalue weighted by molar-refractivity contribution is -0.144. The molecular formula is C19H24O3Si. The van der Waals surface area contributed by atoms with Crippen LogP contribution in [-0.2, 0) is 9.22 Å². The second-order valence-electron chi connectivity index (χ2n) is 5.76. The fourth-order valence-corrected chi connectivity index (χ4v) is 7.16. The SMILES string of the molecule is CCCC[Si](O[C@@H](C)C(=O)O)(c1ccccc1)c1ccccc1. The first-order valence-corrected chi connectivity index (χ1v) is 10.2. The molecule has 0 spiro atoms. The predicted molar refractivity (Wildman–Crippen MR) is 95.8 cm³/mol. The van der Waals surface area contributed by atoms with E-state index in [9.17, 15) is 9.90 Å². The van der Waals surface area contributed by atoms with E-state index in [2.05, 4.69) is 31.2 Å². The molecule has 3 nitrogen and oxygen atoms in total. The zero-order valence-electron chi connectivity index (χ0n) is 13.7. The third-order valence-electron chi connectivity index (χ3n) is 4.09. The van der Waals surface area contributed by atoms with Gasteiger partial charge in [0.2, 0.25) is 0 Å². The van der Waals surface area contributed by atoms with Crippen molar-refractivity contribution < 1.29 is 14.3 Å². The fraction of sp³-hybridized carbons (Fsp3) is 0.316. The second-order valence-corrected chi connectivity index (χ2v) is 9.31. The molecule has 0 saturated carbocycles. The second kappa shape index (κ2) is 8.08. The maximum atomic E-state index is 11.4. The van der Waals surface area contributed by atoms with Gasteiger partial charge in [-0.05, 0) is 23.3 Å². The highest BCUT2D eigenvalue weighted by molar-refractivity contribution is 6.97. The van der Waals surface area contributed by atoms with Crippen molar-refractivity contribution >= 4 is 24.7 Å². The molecule has 2 aromatic carbocycles. The number of hydrogen-bond donors (Lipinski definition) is 1. The highest BCUT2D eigenvalue weighted by Crippen LogP contribution is 2.19. The van der Waals surface area contributed by atoms with Gasteiger partial charge in [-0.25, -0.2) is 4.79 Å². The van der Waals surface area contributed by atoms with Crippen molar-refractivity contribution in [3.63, 3.8) is 0 Å². The van der Waals surface area contributed by atoms with E-state index in [-0.39, 0.29) is 0 Å². The summed E-state index contributed by atoms with van der Waals surface area (Å²) in [6.45, 7) is 3.78. The summed E-state index contributed by atoms with van der Waals surface area (Å²) in [5, 5.41) is 11.6. The summed E-state index contributed by atoms with van der Waals surface area (Å²) in [5.41, 5.74) is 0. The number of hydrogen-bond acceptors (Lipinski definition) is 2. The van der Waals surface area contributed by atoms with Crippen molar-refractivity contribution in [3.8, 4) is 0 Å². The van der Waals surface area contributed by atoms with Crippen molar-refractivity contribution in [2.45, 2.75) is 38.8 Å². The Labute approximate surface area is 139 Å². The Kier molecular flexibility index (Phi) is 6.13. The molecule has 23 heavy (non-hydrogen) atoms. The minimum atomic E-state index is -2.58. The molecular weight excluding hydrogens is 304 g/mol. The molecule has 0 amide bonds. The molecule has 2 aromatic rings. The topological polar surface area (TPSA) is 46.5 Å². The summed E-state index contributed by atoms with van der Waals surface area (Å²) >= 11 is 0. The van der Waals surface area contributed by atoms with Crippen LogP contribution in [0.2, 0.25) is 6.04 Å². The Hall–Kier alpha value is -1.91. The molecule has 0 aliphatic carbocycles. The van der Waals surface area contributed by atoms with Gasteiger partial charge in [0.1, 0.15) is 6.10 Å². The van der Waals surface area contributed by atoms with E-state index in [0.717, 1.165) is 29.3 Å². The summed E-state index contributed by atoms with van der Waals surface area (Å²) < 4.78 is 6.31. The number of unbranched alkanes of at least 4 members (excludes halogenated alkanes) is 1. The summed E-state index contributed by atoms with van der Waals surface area (Å²) in [4.78, 5) is 11.4. The zero-order valence-corrected chi connectivity index (χ0v) is 14.7. The van der Waals surface area contributed by atoms with E-state index in [1.54, 1.807) is 6.92 Å². The van der Waals surface area contributed by atoms with E-state index in [0.29, 0.717) is 0 Å². The van der Waals surface area contributed by atoms with Crippen molar-refractivity contribution in [1.29, 1.82) is 0 Å². The number of carboxylic acid groups (broad SMARTS) is 1. The number of aliphatic carboxylic acids is 1. The van der Waals surface area contributed by atoms with E-state index < -0.39 is 20.4 Å². The molecule has 4 heteroatoms. The van der Waals surface area contributed by atoms with E-state index in [1.165, 1.54) is 0 Å². The molecule has 0 fully saturated rings. The molecule has 0 aliphatic heterocycles. The van der Waals surface area contributed by atoms with Crippen LogP contribution in [0.15, 0.2) is 60.7 Å². The average Bonchev–Trinajstić information content (AvgIpc) is 2.60. The van der Waals surface area contributed by atoms with Crippen LogP contribution in [0.4, 0.5) is 0 Å². The van der Waals surface area contributed by atoms with Gasteiger partial charge in [-0.15, -0.1) is 0 Å². The van der Waals surface area contributed by atoms with Crippen LogP contribution >= 0.6 is 0 Å². The number of rotatable bonds is 8. The molecule has 0 aromatic heterocycles. The normalized spacial score (nSPS) is 12.8. The Balaban J connectivity index is 2.55. The van der Waals surface area contributed by atoms with Gasteiger partial charge >= 0.3 is 5.97 Å². The zero-order chi connectivity index (χ0) is 16.7. The largest absolute Gasteiger partial charge is 0.479 e. The molecule has 122 valence electrons. The van der Waals surface area contributed by atoms with Crippen molar-refractivity contribution in [2.75, 3.05) is 0 Å². The quantitative estimate of drug-likeness (QED) is 0.758. The maximum Gasteiger partial charge on any atom is 0.331 e. The Bertz CT molecular complexity index is 574. The van der Waals surface area contributed by atoms with Crippen LogP contribution in [0.3, 0.4) is 0 Å². The molecule has 1 N–H and O–H groups in total. The van der Waals surface area contributed by atoms with Gasteiger partial charge in [0.15, 0.2) is 0 Å². The van der Waals surface area contributed by atoms with Crippen LogP contribution in [0, 0.1) is 0 Å². The first-order valence-electron chi connectivity index (χ1n) is 8.12. The highest BCUT2D eigenvalue weighted by atomic mass is 28.4. The molecule has 0 heterocycles. The predicted octanol–water partition coefficient (Wildman–Crippen LogP) is 3.04. The van der Waals surface area contributed by atoms with Gasteiger partial charge in [0.25, 0.3) is 8.32 Å². The van der Waals surface area contributed by atoms with E-state index in [4.69, 9.17) is 4.43 Å². The minimum Gasteiger partial charge on any atom is -0.479 e. The fourth-order valence-electron chi connectivity index (χ4n) is 2.84. The number of carboxylic acids is 1. The lowest BCUT2D eigenvalue weighted by Crippen LogP contribution is -2.62. The Morgan fingerprint density at radius 3 is 1.91 bits per heavy atom. The molecule has 0 aliphatic rings. The third-order valence-corrected chi connectivity index (χ3v) is 8.43. The molecule has 2 rings (SSSR count). The van der Waals surface area contributed by atoms with Crippen molar-refractivity contribution in [2.24, 2.45) is 0 Å². The minimum absolute atomic E-state index is 0.820. The van der Waals surface area contributed by atoms with Crippen LogP contribution in [0.25, 0.3) is 0 Å². The first-order chi connectivity index (χ1) is 11.1. The van der Waals surface area contributed by atoms with Crippen molar-refractivity contribution in [3.05, 3.63) is 60.7 Å². The lowest BCUT2D eigenvalue weighted by atomic mass is 10.4. The van der Waals surface area contributed by atoms with Crippen LogP contribution in [0.1, 0.15) is 26.7 Å². The van der Waals surface area contributed by atoms with E-state index in [1.807, 2.05) is 36.4 Å². The van der Waals surface area contributed by atoms with Crippen LogP contribution in [0.5, 0.6) is 0 Å². The summed E-state index contributed by atoms with van der Waals surface area (Å²) in [5.74, 6) is -0.912.